The minimum atomic E-state index is -0.523. The van der Waals surface area contributed by atoms with Crippen molar-refractivity contribution in [3.05, 3.63) is 52.4 Å². The lowest BCUT2D eigenvalue weighted by Gasteiger charge is -2.40. The molecule has 3 heterocycles. The maximum absolute atomic E-state index is 13.9. The first kappa shape index (κ1) is 25.4. The topological polar surface area (TPSA) is 82.0 Å². The second-order valence-electron chi connectivity index (χ2n) is 10.5. The van der Waals surface area contributed by atoms with Gasteiger partial charge in [-0.2, -0.15) is 0 Å². The number of rotatable bonds is 5. The molecule has 0 radical (unpaired) electrons. The summed E-state index contributed by atoms with van der Waals surface area (Å²) in [5.41, 5.74) is 2.80. The normalized spacial score (nSPS) is 27.7. The summed E-state index contributed by atoms with van der Waals surface area (Å²) in [5.74, 6) is 1.02. The highest BCUT2D eigenvalue weighted by Gasteiger charge is 2.36. The van der Waals surface area contributed by atoms with E-state index >= 15 is 0 Å². The van der Waals surface area contributed by atoms with Gasteiger partial charge >= 0.3 is 0 Å². The molecule has 0 bridgehead atoms. The van der Waals surface area contributed by atoms with Crippen molar-refractivity contribution in [2.24, 2.45) is 0 Å². The molecule has 2 aromatic rings. The zero-order valence-corrected chi connectivity index (χ0v) is 22.1. The SMILES string of the molecule is C[C@@H]1CN(C[C@@H](C(=O)N2CCN(c3ncnc4c3[C@H](C)C[C@H]4O)CC2)c2ccc(Cl)cc2)C[C@H](C)O1. The van der Waals surface area contributed by atoms with Gasteiger partial charge in [-0.1, -0.05) is 30.7 Å². The fourth-order valence-electron chi connectivity index (χ4n) is 6.03. The summed E-state index contributed by atoms with van der Waals surface area (Å²) in [6, 6.07) is 7.69. The fraction of sp³-hybridized carbons (Fsp3) is 0.593. The predicted molar refractivity (Wildman–Crippen MR) is 139 cm³/mol. The van der Waals surface area contributed by atoms with Gasteiger partial charge in [0, 0.05) is 56.4 Å². The summed E-state index contributed by atoms with van der Waals surface area (Å²) in [4.78, 5) is 29.4. The van der Waals surface area contributed by atoms with Crippen molar-refractivity contribution in [3.8, 4) is 0 Å². The third kappa shape index (κ3) is 5.23. The molecule has 194 valence electrons. The maximum atomic E-state index is 13.9. The summed E-state index contributed by atoms with van der Waals surface area (Å²) in [6.45, 7) is 11.3. The number of aromatic nitrogens is 2. The first-order chi connectivity index (χ1) is 17.3. The van der Waals surface area contributed by atoms with E-state index < -0.39 is 6.10 Å². The standard InChI is InChI=1S/C27H36ClN5O3/c1-17-12-23(34)25-24(17)26(30-16-29-25)32-8-10-33(11-9-32)27(35)22(20-4-6-21(28)7-5-20)15-31-13-18(2)36-19(3)14-31/h4-7,16-19,22-23,34H,8-15H2,1-3H3/t17-,18-,19+,22-,23-/m1/s1. The highest BCUT2D eigenvalue weighted by Crippen LogP contribution is 2.42. The van der Waals surface area contributed by atoms with Crippen molar-refractivity contribution in [1.29, 1.82) is 0 Å². The van der Waals surface area contributed by atoms with E-state index in [2.05, 4.69) is 40.5 Å². The van der Waals surface area contributed by atoms with E-state index in [1.54, 1.807) is 6.33 Å². The van der Waals surface area contributed by atoms with E-state index in [1.807, 2.05) is 29.2 Å². The first-order valence-electron chi connectivity index (χ1n) is 13.0. The number of hydrogen-bond donors (Lipinski definition) is 1. The molecule has 5 atom stereocenters. The largest absolute Gasteiger partial charge is 0.387 e. The third-order valence-corrected chi connectivity index (χ3v) is 7.93. The molecule has 3 aliphatic rings. The lowest BCUT2D eigenvalue weighted by molar-refractivity contribution is -0.134. The molecule has 9 heteroatoms. The van der Waals surface area contributed by atoms with Crippen molar-refractivity contribution in [2.45, 2.75) is 57.3 Å². The third-order valence-electron chi connectivity index (χ3n) is 7.68. The molecule has 0 saturated carbocycles. The van der Waals surface area contributed by atoms with E-state index in [0.29, 0.717) is 44.2 Å². The van der Waals surface area contributed by atoms with Crippen LogP contribution < -0.4 is 4.90 Å². The van der Waals surface area contributed by atoms with Crippen LogP contribution in [0.1, 0.15) is 62.0 Å². The molecule has 1 aromatic carbocycles. The molecule has 1 aromatic heterocycles. The Hall–Kier alpha value is -2.26. The van der Waals surface area contributed by atoms with Crippen molar-refractivity contribution in [1.82, 2.24) is 19.8 Å². The van der Waals surface area contributed by atoms with Gasteiger partial charge in [-0.3, -0.25) is 9.69 Å². The quantitative estimate of drug-likeness (QED) is 0.657. The fourth-order valence-corrected chi connectivity index (χ4v) is 6.15. The molecule has 36 heavy (non-hydrogen) atoms. The van der Waals surface area contributed by atoms with Crippen LogP contribution in [0, 0.1) is 0 Å². The van der Waals surface area contributed by atoms with Gasteiger partial charge in [0.1, 0.15) is 12.1 Å². The van der Waals surface area contributed by atoms with Crippen LogP contribution in [-0.4, -0.2) is 88.8 Å². The number of aliphatic hydroxyl groups excluding tert-OH is 1. The Bertz CT molecular complexity index is 1070. The molecule has 5 rings (SSSR count). The van der Waals surface area contributed by atoms with Gasteiger partial charge in [0.15, 0.2) is 0 Å². The van der Waals surface area contributed by atoms with Crippen LogP contribution in [0.4, 0.5) is 5.82 Å². The summed E-state index contributed by atoms with van der Waals surface area (Å²) >= 11 is 6.15. The van der Waals surface area contributed by atoms with Crippen LogP contribution in [-0.2, 0) is 9.53 Å². The number of ether oxygens (including phenoxy) is 1. The summed E-state index contributed by atoms with van der Waals surface area (Å²) in [6.07, 6.45) is 2.00. The van der Waals surface area contributed by atoms with E-state index in [-0.39, 0.29) is 30.0 Å². The molecule has 2 aliphatic heterocycles. The number of carbonyl (C=O) groups excluding carboxylic acids is 1. The lowest BCUT2D eigenvalue weighted by Crippen LogP contribution is -2.53. The van der Waals surface area contributed by atoms with E-state index in [0.717, 1.165) is 35.7 Å². The van der Waals surface area contributed by atoms with Gasteiger partial charge in [-0.15, -0.1) is 0 Å². The first-order valence-corrected chi connectivity index (χ1v) is 13.4. The molecule has 1 amide bonds. The zero-order chi connectivity index (χ0) is 25.4. The van der Waals surface area contributed by atoms with Gasteiger partial charge in [0.25, 0.3) is 0 Å². The van der Waals surface area contributed by atoms with E-state index in [1.165, 1.54) is 0 Å². The Balaban J connectivity index is 1.31. The minimum Gasteiger partial charge on any atom is -0.387 e. The average molecular weight is 514 g/mol. The predicted octanol–water partition coefficient (Wildman–Crippen LogP) is 3.21. The van der Waals surface area contributed by atoms with Crippen LogP contribution in [0.15, 0.2) is 30.6 Å². The Morgan fingerprint density at radius 3 is 2.42 bits per heavy atom. The Labute approximate surface area is 218 Å². The van der Waals surface area contributed by atoms with Crippen molar-refractivity contribution in [2.75, 3.05) is 50.7 Å². The second-order valence-corrected chi connectivity index (χ2v) is 11.0. The summed E-state index contributed by atoms with van der Waals surface area (Å²) < 4.78 is 5.91. The highest BCUT2D eigenvalue weighted by atomic mass is 35.5. The molecular formula is C27H36ClN5O3. The van der Waals surface area contributed by atoms with Gasteiger partial charge in [0.2, 0.25) is 5.91 Å². The number of halogens is 1. The Morgan fingerprint density at radius 1 is 1.08 bits per heavy atom. The number of hydrogen-bond acceptors (Lipinski definition) is 7. The molecule has 0 spiro atoms. The zero-order valence-electron chi connectivity index (χ0n) is 21.3. The number of benzene rings is 1. The van der Waals surface area contributed by atoms with Crippen molar-refractivity contribution in [3.63, 3.8) is 0 Å². The number of anilines is 1. The molecule has 1 N–H and O–H groups in total. The maximum Gasteiger partial charge on any atom is 0.231 e. The van der Waals surface area contributed by atoms with Crippen LogP contribution in [0.2, 0.25) is 5.02 Å². The smallest absolute Gasteiger partial charge is 0.231 e. The van der Waals surface area contributed by atoms with E-state index in [4.69, 9.17) is 16.3 Å². The molecule has 8 nitrogen and oxygen atoms in total. The summed E-state index contributed by atoms with van der Waals surface area (Å²) in [5, 5.41) is 11.0. The van der Waals surface area contributed by atoms with E-state index in [9.17, 15) is 9.90 Å². The number of fused-ring (bicyclic) bond motifs is 1. The minimum absolute atomic E-state index is 0.147. The van der Waals surface area contributed by atoms with Crippen LogP contribution in [0.25, 0.3) is 0 Å². The van der Waals surface area contributed by atoms with Crippen LogP contribution >= 0.6 is 11.6 Å². The monoisotopic (exact) mass is 513 g/mol. The Morgan fingerprint density at radius 2 is 1.75 bits per heavy atom. The number of morpholine rings is 1. The second kappa shape index (κ2) is 10.6. The van der Waals surface area contributed by atoms with Crippen LogP contribution in [0.5, 0.6) is 0 Å². The van der Waals surface area contributed by atoms with Gasteiger partial charge in [-0.05, 0) is 43.9 Å². The Kier molecular flexibility index (Phi) is 7.49. The van der Waals surface area contributed by atoms with Crippen molar-refractivity contribution >= 4 is 23.3 Å². The van der Waals surface area contributed by atoms with Gasteiger partial charge in [-0.25, -0.2) is 9.97 Å². The van der Waals surface area contributed by atoms with Crippen molar-refractivity contribution < 1.29 is 14.6 Å². The molecule has 0 unspecified atom stereocenters. The van der Waals surface area contributed by atoms with Gasteiger partial charge < -0.3 is 19.6 Å². The number of nitrogens with zero attached hydrogens (tertiary/aromatic N) is 5. The molecule has 1 aliphatic carbocycles. The number of carbonyl (C=O) groups is 1. The highest BCUT2D eigenvalue weighted by molar-refractivity contribution is 6.30. The summed E-state index contributed by atoms with van der Waals surface area (Å²) in [7, 11) is 0. The lowest BCUT2D eigenvalue weighted by atomic mass is 9.95. The number of piperazine rings is 1. The number of amides is 1. The van der Waals surface area contributed by atoms with Gasteiger partial charge in [0.05, 0.1) is 29.9 Å². The average Bonchev–Trinajstić information content (AvgIpc) is 3.16. The van der Waals surface area contributed by atoms with Crippen LogP contribution in [0.3, 0.4) is 0 Å². The number of aliphatic hydroxyl groups is 1. The molecular weight excluding hydrogens is 478 g/mol. The molecule has 2 saturated heterocycles. The molecule has 2 fully saturated rings.